The van der Waals surface area contributed by atoms with Crippen molar-refractivity contribution in [1.82, 2.24) is 4.90 Å². The second-order valence-corrected chi connectivity index (χ2v) is 5.96. The van der Waals surface area contributed by atoms with Crippen molar-refractivity contribution in [2.45, 2.75) is 32.9 Å². The smallest absolute Gasteiger partial charge is 0.387 e. The van der Waals surface area contributed by atoms with Crippen molar-refractivity contribution in [2.75, 3.05) is 13.1 Å². The molecule has 0 aromatic heterocycles. The Morgan fingerprint density at radius 3 is 2.63 bits per heavy atom. The van der Waals surface area contributed by atoms with Crippen LogP contribution in [0.5, 0.6) is 5.75 Å². The third kappa shape index (κ3) is 4.42. The highest BCUT2D eigenvalue weighted by molar-refractivity contribution is 9.10. The van der Waals surface area contributed by atoms with Gasteiger partial charge < -0.3 is 4.74 Å². The second-order valence-electron chi connectivity index (χ2n) is 5.10. The topological polar surface area (TPSA) is 12.5 Å². The predicted molar refractivity (Wildman–Crippen MR) is 74.4 cm³/mol. The van der Waals surface area contributed by atoms with Crippen LogP contribution in [-0.2, 0) is 6.54 Å². The molecule has 0 atom stereocenters. The molecule has 1 aromatic rings. The molecule has 0 amide bonds. The van der Waals surface area contributed by atoms with Gasteiger partial charge in [-0.15, -0.1) is 0 Å². The van der Waals surface area contributed by atoms with Crippen molar-refractivity contribution in [3.8, 4) is 5.75 Å². The quantitative estimate of drug-likeness (QED) is 0.815. The molecule has 1 fully saturated rings. The van der Waals surface area contributed by atoms with Gasteiger partial charge in [0.1, 0.15) is 5.75 Å². The van der Waals surface area contributed by atoms with Crippen molar-refractivity contribution in [3.05, 3.63) is 28.2 Å². The molecule has 0 N–H and O–H groups in total. The van der Waals surface area contributed by atoms with Gasteiger partial charge in [-0.2, -0.15) is 8.78 Å². The van der Waals surface area contributed by atoms with Gasteiger partial charge in [0, 0.05) is 6.54 Å². The molecule has 2 rings (SSSR count). The lowest BCUT2D eigenvalue weighted by molar-refractivity contribution is -0.0503. The van der Waals surface area contributed by atoms with Crippen LogP contribution in [0, 0.1) is 5.92 Å². The largest absolute Gasteiger partial charge is 0.434 e. The normalized spacial score (nSPS) is 17.9. The maximum Gasteiger partial charge on any atom is 0.387 e. The van der Waals surface area contributed by atoms with Crippen molar-refractivity contribution < 1.29 is 13.5 Å². The van der Waals surface area contributed by atoms with Crippen molar-refractivity contribution >= 4 is 15.9 Å². The molecular weight excluding hydrogens is 316 g/mol. The van der Waals surface area contributed by atoms with Gasteiger partial charge in [0.05, 0.1) is 4.47 Å². The summed E-state index contributed by atoms with van der Waals surface area (Å²) >= 11 is 3.27. The van der Waals surface area contributed by atoms with Crippen molar-refractivity contribution in [3.63, 3.8) is 0 Å². The Labute approximate surface area is 120 Å². The lowest BCUT2D eigenvalue weighted by Gasteiger charge is -2.30. The summed E-state index contributed by atoms with van der Waals surface area (Å²) in [6, 6.07) is 5.30. The monoisotopic (exact) mass is 333 g/mol. The molecule has 0 aliphatic carbocycles. The van der Waals surface area contributed by atoms with Crippen LogP contribution < -0.4 is 4.74 Å². The van der Waals surface area contributed by atoms with E-state index in [0.29, 0.717) is 4.47 Å². The third-order valence-electron chi connectivity index (χ3n) is 3.49. The van der Waals surface area contributed by atoms with Crippen LogP contribution in [0.15, 0.2) is 22.7 Å². The zero-order chi connectivity index (χ0) is 13.8. The summed E-state index contributed by atoms with van der Waals surface area (Å²) in [5.41, 5.74) is 1.11. The minimum absolute atomic E-state index is 0.186. The standard InChI is InChI=1S/C14H18BrF2NO/c1-10-4-6-18(7-5-10)9-11-2-3-13(12(15)8-11)19-14(16)17/h2-3,8,10,14H,4-7,9H2,1H3. The fraction of sp³-hybridized carbons (Fsp3) is 0.571. The van der Waals surface area contributed by atoms with Gasteiger partial charge in [-0.25, -0.2) is 0 Å². The van der Waals surface area contributed by atoms with E-state index in [2.05, 4.69) is 32.5 Å². The summed E-state index contributed by atoms with van der Waals surface area (Å²) in [5, 5.41) is 0. The predicted octanol–water partition coefficient (Wildman–Crippen LogP) is 4.28. The van der Waals surface area contributed by atoms with Crippen LogP contribution >= 0.6 is 15.9 Å². The van der Waals surface area contributed by atoms with Gasteiger partial charge >= 0.3 is 6.61 Å². The highest BCUT2D eigenvalue weighted by atomic mass is 79.9. The van der Waals surface area contributed by atoms with Gasteiger partial charge in [-0.3, -0.25) is 4.90 Å². The summed E-state index contributed by atoms with van der Waals surface area (Å²) in [5.74, 6) is 0.996. The number of likely N-dealkylation sites (tertiary alicyclic amines) is 1. The van der Waals surface area contributed by atoms with Crippen LogP contribution in [0.3, 0.4) is 0 Å². The molecule has 0 spiro atoms. The minimum atomic E-state index is -2.79. The average molecular weight is 334 g/mol. The fourth-order valence-corrected chi connectivity index (χ4v) is 2.83. The zero-order valence-electron chi connectivity index (χ0n) is 10.9. The number of hydrogen-bond donors (Lipinski definition) is 0. The number of piperidine rings is 1. The molecule has 1 saturated heterocycles. The summed E-state index contributed by atoms with van der Waals surface area (Å²) in [7, 11) is 0. The first-order valence-electron chi connectivity index (χ1n) is 6.50. The number of alkyl halides is 2. The Balaban J connectivity index is 1.96. The van der Waals surface area contributed by atoms with Gasteiger partial charge in [0.25, 0.3) is 0 Å². The van der Waals surface area contributed by atoms with E-state index in [9.17, 15) is 8.78 Å². The van der Waals surface area contributed by atoms with E-state index < -0.39 is 6.61 Å². The maximum atomic E-state index is 12.2. The number of hydrogen-bond acceptors (Lipinski definition) is 2. The first kappa shape index (κ1) is 14.7. The first-order valence-corrected chi connectivity index (χ1v) is 7.29. The summed E-state index contributed by atoms with van der Waals surface area (Å²) in [6.07, 6.45) is 2.46. The van der Waals surface area contributed by atoms with E-state index in [0.717, 1.165) is 31.1 Å². The maximum absolute atomic E-state index is 12.2. The van der Waals surface area contributed by atoms with Gasteiger partial charge in [0.15, 0.2) is 0 Å². The van der Waals surface area contributed by atoms with Crippen LogP contribution in [0.1, 0.15) is 25.3 Å². The third-order valence-corrected chi connectivity index (χ3v) is 4.11. The average Bonchev–Trinajstić information content (AvgIpc) is 2.35. The molecule has 1 aromatic carbocycles. The first-order chi connectivity index (χ1) is 9.04. The van der Waals surface area contributed by atoms with Crippen molar-refractivity contribution in [1.29, 1.82) is 0 Å². The number of ether oxygens (including phenoxy) is 1. The molecule has 106 valence electrons. The summed E-state index contributed by atoms with van der Waals surface area (Å²) in [6.45, 7) is 2.57. The number of benzene rings is 1. The molecule has 0 bridgehead atoms. The highest BCUT2D eigenvalue weighted by Crippen LogP contribution is 2.28. The van der Waals surface area contributed by atoms with E-state index in [1.807, 2.05) is 12.1 Å². The SMILES string of the molecule is CC1CCN(Cc2ccc(OC(F)F)c(Br)c2)CC1. The Morgan fingerprint density at radius 1 is 1.37 bits per heavy atom. The summed E-state index contributed by atoms with van der Waals surface area (Å²) in [4.78, 5) is 2.40. The number of halogens is 3. The Hall–Kier alpha value is -0.680. The molecule has 5 heteroatoms. The van der Waals surface area contributed by atoms with E-state index in [-0.39, 0.29) is 5.75 Å². The van der Waals surface area contributed by atoms with E-state index in [1.54, 1.807) is 6.07 Å². The molecule has 0 radical (unpaired) electrons. The molecule has 0 unspecified atom stereocenters. The van der Waals surface area contributed by atoms with E-state index >= 15 is 0 Å². The Morgan fingerprint density at radius 2 is 2.05 bits per heavy atom. The van der Waals surface area contributed by atoms with Crippen LogP contribution in [0.4, 0.5) is 8.78 Å². The van der Waals surface area contributed by atoms with Crippen LogP contribution in [0.2, 0.25) is 0 Å². The molecule has 2 nitrogen and oxygen atoms in total. The van der Waals surface area contributed by atoms with Gasteiger partial charge in [0.2, 0.25) is 0 Å². The molecule has 1 aliphatic heterocycles. The second kappa shape index (κ2) is 6.66. The minimum Gasteiger partial charge on any atom is -0.434 e. The molecular formula is C14H18BrF2NO. The molecule has 1 aliphatic rings. The lowest BCUT2D eigenvalue weighted by atomic mass is 9.99. The Bertz CT molecular complexity index is 420. The van der Waals surface area contributed by atoms with Crippen LogP contribution in [-0.4, -0.2) is 24.6 Å². The number of nitrogens with zero attached hydrogens (tertiary/aromatic N) is 1. The highest BCUT2D eigenvalue weighted by Gasteiger charge is 2.16. The van der Waals surface area contributed by atoms with Crippen LogP contribution in [0.25, 0.3) is 0 Å². The summed E-state index contributed by atoms with van der Waals surface area (Å²) < 4.78 is 29.3. The zero-order valence-corrected chi connectivity index (χ0v) is 12.5. The van der Waals surface area contributed by atoms with E-state index in [4.69, 9.17) is 0 Å². The number of rotatable bonds is 4. The fourth-order valence-electron chi connectivity index (χ4n) is 2.31. The Kier molecular flexibility index (Phi) is 5.16. The van der Waals surface area contributed by atoms with Gasteiger partial charge in [-0.05, 0) is 65.5 Å². The molecule has 1 heterocycles. The molecule has 0 saturated carbocycles. The van der Waals surface area contributed by atoms with E-state index in [1.165, 1.54) is 12.8 Å². The molecule has 19 heavy (non-hydrogen) atoms. The lowest BCUT2D eigenvalue weighted by Crippen LogP contribution is -2.32. The van der Waals surface area contributed by atoms with Gasteiger partial charge in [-0.1, -0.05) is 13.0 Å². The van der Waals surface area contributed by atoms with Crippen molar-refractivity contribution in [2.24, 2.45) is 5.92 Å².